The highest BCUT2D eigenvalue weighted by molar-refractivity contribution is 5.66. The van der Waals surface area contributed by atoms with Gasteiger partial charge in [-0.25, -0.2) is 0 Å². The molecule has 1 heterocycles. The molecule has 11 atom stereocenters. The van der Waals surface area contributed by atoms with Crippen LogP contribution in [0.1, 0.15) is 98.8 Å². The number of carbonyl (C=O) groups excluding carboxylic acids is 1. The Bertz CT molecular complexity index is 782. The van der Waals surface area contributed by atoms with Crippen LogP contribution in [0, 0.1) is 46.3 Å². The maximum absolute atomic E-state index is 12.0. The lowest BCUT2D eigenvalue weighted by Gasteiger charge is -2.62. The Morgan fingerprint density at radius 2 is 1.85 bits per heavy atom. The van der Waals surface area contributed by atoms with Gasteiger partial charge in [0.05, 0.1) is 18.8 Å². The molecule has 5 fully saturated rings. The molecule has 5 rings (SSSR count). The molecule has 2 bridgehead atoms. The number of hydrogen-bond acceptors (Lipinski definition) is 5. The second-order valence-corrected chi connectivity index (χ2v) is 13.6. The van der Waals surface area contributed by atoms with Crippen LogP contribution in [0.3, 0.4) is 0 Å². The molecule has 0 amide bonds. The van der Waals surface area contributed by atoms with Crippen LogP contribution in [-0.4, -0.2) is 46.7 Å². The Morgan fingerprint density at radius 1 is 1.09 bits per heavy atom. The molecule has 4 saturated carbocycles. The molecule has 0 radical (unpaired) electrons. The fourth-order valence-corrected chi connectivity index (χ4v) is 10.1. The summed E-state index contributed by atoms with van der Waals surface area (Å²) in [6.45, 7) is 11.6. The van der Waals surface area contributed by atoms with Gasteiger partial charge in [-0.2, -0.15) is 0 Å². The minimum atomic E-state index is -0.845. The summed E-state index contributed by atoms with van der Waals surface area (Å²) in [5.74, 6) is 3.15. The van der Waals surface area contributed by atoms with E-state index in [-0.39, 0.29) is 29.0 Å². The lowest BCUT2D eigenvalue weighted by molar-refractivity contribution is -0.214. The van der Waals surface area contributed by atoms with Crippen molar-refractivity contribution in [1.82, 2.24) is 0 Å². The molecule has 0 spiro atoms. The van der Waals surface area contributed by atoms with Crippen molar-refractivity contribution in [1.29, 1.82) is 0 Å². The van der Waals surface area contributed by atoms with Crippen LogP contribution < -0.4 is 0 Å². The Morgan fingerprint density at radius 3 is 2.56 bits per heavy atom. The summed E-state index contributed by atoms with van der Waals surface area (Å²) >= 11 is 0. The van der Waals surface area contributed by atoms with Crippen LogP contribution in [0.25, 0.3) is 0 Å². The van der Waals surface area contributed by atoms with Gasteiger partial charge in [0.1, 0.15) is 11.7 Å². The minimum absolute atomic E-state index is 0.00702. The number of aliphatic hydroxyl groups excluding tert-OH is 1. The summed E-state index contributed by atoms with van der Waals surface area (Å²) < 4.78 is 12.3. The lowest BCUT2D eigenvalue weighted by atomic mass is 9.43. The van der Waals surface area contributed by atoms with Gasteiger partial charge in [-0.05, 0) is 98.7 Å². The molecule has 34 heavy (non-hydrogen) atoms. The summed E-state index contributed by atoms with van der Waals surface area (Å²) in [5.41, 5.74) is -0.749. The fourth-order valence-electron chi connectivity index (χ4n) is 10.1. The molecule has 0 aromatic carbocycles. The van der Waals surface area contributed by atoms with Crippen molar-refractivity contribution in [3.8, 4) is 0 Å². The van der Waals surface area contributed by atoms with Gasteiger partial charge in [-0.1, -0.05) is 27.7 Å². The maximum Gasteiger partial charge on any atom is 0.302 e. The third-order valence-electron chi connectivity index (χ3n) is 11.7. The van der Waals surface area contributed by atoms with E-state index in [2.05, 4.69) is 27.7 Å². The predicted octanol–water partition coefficient (Wildman–Crippen LogP) is 5.11. The maximum atomic E-state index is 12.0. The molecule has 5 aliphatic rings. The number of hydrogen-bond donors (Lipinski definition) is 2. The zero-order valence-corrected chi connectivity index (χ0v) is 22.1. The highest BCUT2D eigenvalue weighted by atomic mass is 16.5. The molecule has 5 nitrogen and oxygen atoms in total. The average molecular weight is 477 g/mol. The Balaban J connectivity index is 1.38. The van der Waals surface area contributed by atoms with Crippen molar-refractivity contribution in [2.75, 3.05) is 6.61 Å². The van der Waals surface area contributed by atoms with Gasteiger partial charge in [0.15, 0.2) is 0 Å². The van der Waals surface area contributed by atoms with E-state index in [4.69, 9.17) is 9.47 Å². The molecule has 0 aromatic rings. The molecule has 11 unspecified atom stereocenters. The van der Waals surface area contributed by atoms with Gasteiger partial charge >= 0.3 is 5.97 Å². The summed E-state index contributed by atoms with van der Waals surface area (Å²) in [4.78, 5) is 12.0. The second kappa shape index (κ2) is 8.73. The highest BCUT2D eigenvalue weighted by Crippen LogP contribution is 2.71. The second-order valence-electron chi connectivity index (χ2n) is 13.6. The van der Waals surface area contributed by atoms with E-state index < -0.39 is 11.7 Å². The molecule has 0 aromatic heterocycles. The van der Waals surface area contributed by atoms with Crippen LogP contribution in [0.15, 0.2) is 0 Å². The number of rotatable bonds is 6. The van der Waals surface area contributed by atoms with E-state index in [1.807, 2.05) is 0 Å². The molecule has 194 valence electrons. The van der Waals surface area contributed by atoms with Crippen LogP contribution >= 0.6 is 0 Å². The predicted molar refractivity (Wildman–Crippen MR) is 131 cm³/mol. The minimum Gasteiger partial charge on any atom is -0.462 e. The summed E-state index contributed by atoms with van der Waals surface area (Å²) in [6.07, 6.45) is 9.46. The van der Waals surface area contributed by atoms with Crippen molar-refractivity contribution < 1.29 is 24.5 Å². The Kier molecular flexibility index (Phi) is 6.42. The zero-order chi connectivity index (χ0) is 24.5. The largest absolute Gasteiger partial charge is 0.462 e. The molecular weight excluding hydrogens is 428 g/mol. The van der Waals surface area contributed by atoms with Crippen molar-refractivity contribution in [2.45, 2.75) is 123 Å². The number of aliphatic hydroxyl groups is 2. The molecule has 1 saturated heterocycles. The highest BCUT2D eigenvalue weighted by Gasteiger charge is 2.72. The van der Waals surface area contributed by atoms with E-state index >= 15 is 0 Å². The monoisotopic (exact) mass is 476 g/mol. The van der Waals surface area contributed by atoms with Gasteiger partial charge in [-0.3, -0.25) is 4.79 Å². The first kappa shape index (κ1) is 25.0. The zero-order valence-electron chi connectivity index (χ0n) is 22.1. The SMILES string of the molecule is CC(=O)OC(CCC(C)C)C(C)C1CCC2C3CC4OCC5(CCC(O)CC45O)C3CCC12C. The van der Waals surface area contributed by atoms with Crippen molar-refractivity contribution in [3.05, 3.63) is 0 Å². The van der Waals surface area contributed by atoms with Gasteiger partial charge in [0, 0.05) is 18.8 Å². The first-order valence-electron chi connectivity index (χ1n) is 14.2. The summed E-state index contributed by atoms with van der Waals surface area (Å²) in [7, 11) is 0. The van der Waals surface area contributed by atoms with Crippen molar-refractivity contribution in [3.63, 3.8) is 0 Å². The summed E-state index contributed by atoms with van der Waals surface area (Å²) in [6, 6.07) is 0. The smallest absolute Gasteiger partial charge is 0.302 e. The first-order chi connectivity index (χ1) is 16.0. The molecule has 4 aliphatic carbocycles. The third kappa shape index (κ3) is 3.62. The van der Waals surface area contributed by atoms with Crippen LogP contribution in [0.2, 0.25) is 0 Å². The molecule has 1 aliphatic heterocycles. The van der Waals surface area contributed by atoms with Gasteiger partial charge in [0.2, 0.25) is 0 Å². The standard InChI is InChI=1S/C29H48O5/c1-17(2)6-9-25(34-19(4)30)18(3)22-7-8-23-21-14-26-29(32)15-20(31)10-13-28(29,16-33-26)24(21)11-12-27(22,23)5/h17-18,20-26,31-32H,6-16H2,1-5H3. The lowest BCUT2D eigenvalue weighted by Crippen LogP contribution is -2.66. The molecular formula is C29H48O5. The quantitative estimate of drug-likeness (QED) is 0.521. The van der Waals surface area contributed by atoms with E-state index in [1.165, 1.54) is 19.3 Å². The Labute approximate surface area is 206 Å². The van der Waals surface area contributed by atoms with Crippen LogP contribution in [0.5, 0.6) is 0 Å². The van der Waals surface area contributed by atoms with Crippen molar-refractivity contribution in [2.24, 2.45) is 46.3 Å². The van der Waals surface area contributed by atoms with Crippen molar-refractivity contribution >= 4 is 5.97 Å². The van der Waals surface area contributed by atoms with E-state index in [9.17, 15) is 15.0 Å². The number of fused-ring (bicyclic) bond motifs is 3. The Hall–Kier alpha value is -0.650. The van der Waals surface area contributed by atoms with E-state index in [0.717, 1.165) is 38.5 Å². The van der Waals surface area contributed by atoms with Gasteiger partial charge in [0.25, 0.3) is 0 Å². The van der Waals surface area contributed by atoms with E-state index in [0.29, 0.717) is 48.5 Å². The van der Waals surface area contributed by atoms with Gasteiger partial charge < -0.3 is 19.7 Å². The van der Waals surface area contributed by atoms with E-state index in [1.54, 1.807) is 6.92 Å². The summed E-state index contributed by atoms with van der Waals surface area (Å²) in [5, 5.41) is 22.3. The third-order valence-corrected chi connectivity index (χ3v) is 11.7. The number of esters is 1. The topological polar surface area (TPSA) is 76.0 Å². The average Bonchev–Trinajstić information content (AvgIpc) is 3.18. The van der Waals surface area contributed by atoms with Crippen LogP contribution in [0.4, 0.5) is 0 Å². The normalized spacial score (nSPS) is 49.2. The first-order valence-corrected chi connectivity index (χ1v) is 14.2. The number of ether oxygens (including phenoxy) is 2. The van der Waals surface area contributed by atoms with Gasteiger partial charge in [-0.15, -0.1) is 0 Å². The fraction of sp³-hybridized carbons (Fsp3) is 0.966. The number of carbonyl (C=O) groups is 1. The van der Waals surface area contributed by atoms with Crippen LogP contribution in [-0.2, 0) is 14.3 Å². The molecule has 5 heteroatoms. The molecule has 2 N–H and O–H groups in total.